The highest BCUT2D eigenvalue weighted by Crippen LogP contribution is 2.30. The molecule has 6 heteroatoms. The summed E-state index contributed by atoms with van der Waals surface area (Å²) < 4.78 is 5.61. The molecule has 0 amide bonds. The second kappa shape index (κ2) is 9.01. The predicted octanol–water partition coefficient (Wildman–Crippen LogP) is 4.43. The molecular weight excluding hydrogens is 364 g/mol. The van der Waals surface area contributed by atoms with Gasteiger partial charge in [-0.05, 0) is 43.2 Å². The van der Waals surface area contributed by atoms with Gasteiger partial charge in [0.25, 0.3) is 0 Å². The summed E-state index contributed by atoms with van der Waals surface area (Å²) in [6.07, 6.45) is 6.79. The van der Waals surface area contributed by atoms with E-state index in [1.165, 1.54) is 6.21 Å². The molecule has 6 nitrogen and oxygen atoms in total. The predicted molar refractivity (Wildman–Crippen MR) is 120 cm³/mol. The molecule has 0 bridgehead atoms. The van der Waals surface area contributed by atoms with Crippen molar-refractivity contribution >= 4 is 28.7 Å². The Hall–Kier alpha value is -3.67. The number of nitrogens with one attached hydrogen (secondary N) is 1. The first-order chi connectivity index (χ1) is 14.0. The van der Waals surface area contributed by atoms with E-state index in [2.05, 4.69) is 40.5 Å². The number of anilines is 2. The molecule has 0 radical (unpaired) electrons. The number of nitrogens with zero attached hydrogens (tertiary/aromatic N) is 3. The van der Waals surface area contributed by atoms with Gasteiger partial charge in [-0.2, -0.15) is 5.10 Å². The Kier molecular flexibility index (Phi) is 6.24. The number of benzene rings is 1. The number of aromatic nitrogens is 1. The minimum absolute atomic E-state index is 0.366. The molecule has 0 fully saturated rings. The average molecular weight is 388 g/mol. The Balaban J connectivity index is 2.00. The summed E-state index contributed by atoms with van der Waals surface area (Å²) in [6, 6.07) is 9.16. The summed E-state index contributed by atoms with van der Waals surface area (Å²) in [7, 11) is 0. The number of hydrogen-bond donors (Lipinski definition) is 1. The van der Waals surface area contributed by atoms with E-state index >= 15 is 0 Å². The fraction of sp³-hybridized carbons (Fsp3) is 0.174. The van der Waals surface area contributed by atoms with Crippen LogP contribution in [0.3, 0.4) is 0 Å². The van der Waals surface area contributed by atoms with Crippen LogP contribution in [0.15, 0.2) is 76.2 Å². The van der Waals surface area contributed by atoms with E-state index in [9.17, 15) is 4.79 Å². The third-order valence-corrected chi connectivity index (χ3v) is 4.71. The van der Waals surface area contributed by atoms with Gasteiger partial charge in [-0.15, -0.1) is 13.2 Å². The lowest BCUT2D eigenvalue weighted by Gasteiger charge is -2.25. The molecular formula is C23H24N4O2. The van der Waals surface area contributed by atoms with Crippen molar-refractivity contribution in [1.82, 2.24) is 4.98 Å². The van der Waals surface area contributed by atoms with Gasteiger partial charge in [-0.1, -0.05) is 18.2 Å². The van der Waals surface area contributed by atoms with Crippen molar-refractivity contribution in [3.8, 4) is 0 Å². The lowest BCUT2D eigenvalue weighted by Crippen LogP contribution is -2.24. The molecule has 3 rings (SSSR count). The van der Waals surface area contributed by atoms with E-state index in [0.717, 1.165) is 22.2 Å². The van der Waals surface area contributed by atoms with Crippen LogP contribution in [0.2, 0.25) is 0 Å². The van der Waals surface area contributed by atoms with Crippen molar-refractivity contribution in [2.24, 2.45) is 5.10 Å². The Labute approximate surface area is 169 Å². The van der Waals surface area contributed by atoms with Crippen LogP contribution in [0.4, 0.5) is 11.5 Å². The summed E-state index contributed by atoms with van der Waals surface area (Å²) in [5.41, 5.74) is 6.42. The third-order valence-electron chi connectivity index (χ3n) is 4.71. The monoisotopic (exact) mass is 388 g/mol. The summed E-state index contributed by atoms with van der Waals surface area (Å²) in [4.78, 5) is 18.7. The number of pyridine rings is 1. The highest BCUT2D eigenvalue weighted by atomic mass is 16.4. The van der Waals surface area contributed by atoms with E-state index in [4.69, 9.17) is 4.42 Å². The van der Waals surface area contributed by atoms with Crippen LogP contribution in [-0.4, -0.2) is 24.3 Å². The first-order valence-corrected chi connectivity index (χ1v) is 9.30. The minimum atomic E-state index is -0.447. The molecule has 1 aromatic carbocycles. The molecule has 0 saturated carbocycles. The van der Waals surface area contributed by atoms with Crippen molar-refractivity contribution < 1.29 is 4.42 Å². The van der Waals surface area contributed by atoms with Gasteiger partial charge in [0.2, 0.25) is 0 Å². The SMILES string of the molecule is C=CCN(CC=C)c1cc2oc(=O)c(/C=N/Nc3ccccn3)cc2c(C)c1C. The number of aryl methyl sites for hydroxylation is 1. The molecule has 0 aliphatic carbocycles. The zero-order valence-electron chi connectivity index (χ0n) is 16.7. The van der Waals surface area contributed by atoms with Crippen LogP contribution in [0.25, 0.3) is 11.0 Å². The lowest BCUT2D eigenvalue weighted by molar-refractivity contribution is 0.559. The van der Waals surface area contributed by atoms with E-state index in [-0.39, 0.29) is 0 Å². The van der Waals surface area contributed by atoms with Crippen LogP contribution >= 0.6 is 0 Å². The maximum atomic E-state index is 12.5. The fourth-order valence-corrected chi connectivity index (χ4v) is 3.12. The summed E-state index contributed by atoms with van der Waals surface area (Å²) in [5, 5.41) is 4.98. The van der Waals surface area contributed by atoms with Gasteiger partial charge in [0.1, 0.15) is 11.4 Å². The van der Waals surface area contributed by atoms with Crippen LogP contribution in [0.5, 0.6) is 0 Å². The molecule has 2 heterocycles. The summed E-state index contributed by atoms with van der Waals surface area (Å²) in [5.74, 6) is 0.593. The zero-order chi connectivity index (χ0) is 20.8. The van der Waals surface area contributed by atoms with Crippen LogP contribution in [0.1, 0.15) is 16.7 Å². The van der Waals surface area contributed by atoms with Gasteiger partial charge < -0.3 is 9.32 Å². The van der Waals surface area contributed by atoms with Crippen molar-refractivity contribution in [3.63, 3.8) is 0 Å². The number of hydrazone groups is 1. The molecule has 0 unspecified atom stereocenters. The molecule has 1 N–H and O–H groups in total. The third kappa shape index (κ3) is 4.43. The first-order valence-electron chi connectivity index (χ1n) is 9.30. The smallest absolute Gasteiger partial charge is 0.345 e. The van der Waals surface area contributed by atoms with Crippen molar-refractivity contribution in [2.45, 2.75) is 13.8 Å². The molecule has 29 heavy (non-hydrogen) atoms. The largest absolute Gasteiger partial charge is 0.422 e. The number of hydrogen-bond acceptors (Lipinski definition) is 6. The normalized spacial score (nSPS) is 11.0. The lowest BCUT2D eigenvalue weighted by atomic mass is 10.0. The Morgan fingerprint density at radius 1 is 1.17 bits per heavy atom. The van der Waals surface area contributed by atoms with E-state index in [1.807, 2.05) is 43.3 Å². The molecule has 0 atom stereocenters. The molecule has 0 spiro atoms. The second-order valence-corrected chi connectivity index (χ2v) is 6.61. The Morgan fingerprint density at radius 3 is 2.59 bits per heavy atom. The fourth-order valence-electron chi connectivity index (χ4n) is 3.12. The first kappa shape index (κ1) is 20.1. The van der Waals surface area contributed by atoms with Crippen molar-refractivity contribution in [1.29, 1.82) is 0 Å². The van der Waals surface area contributed by atoms with Gasteiger partial charge in [-0.3, -0.25) is 5.43 Å². The number of fused-ring (bicyclic) bond motifs is 1. The molecule has 3 aromatic rings. The van der Waals surface area contributed by atoms with Gasteiger partial charge in [-0.25, -0.2) is 9.78 Å². The topological polar surface area (TPSA) is 70.7 Å². The standard InChI is InChI=1S/C23H24N4O2/c1-5-11-27(12-6-2)20-14-21-19(16(3)17(20)4)13-18(23(28)29-21)15-25-26-22-9-7-8-10-24-22/h5-10,13-15H,1-2,11-12H2,3-4H3,(H,24,26)/b25-15+. The summed E-state index contributed by atoms with van der Waals surface area (Å²) >= 11 is 0. The Morgan fingerprint density at radius 2 is 1.93 bits per heavy atom. The van der Waals surface area contributed by atoms with Crippen molar-refractivity contribution in [3.05, 3.63) is 88.9 Å². The highest BCUT2D eigenvalue weighted by molar-refractivity contribution is 5.91. The van der Waals surface area contributed by atoms with E-state index < -0.39 is 5.63 Å². The Bertz CT molecular complexity index is 1110. The van der Waals surface area contributed by atoms with Crippen LogP contribution in [0, 0.1) is 13.8 Å². The van der Waals surface area contributed by atoms with Gasteiger partial charge in [0.15, 0.2) is 0 Å². The maximum absolute atomic E-state index is 12.5. The molecule has 0 aliphatic rings. The molecule has 0 saturated heterocycles. The zero-order valence-corrected chi connectivity index (χ0v) is 16.7. The van der Waals surface area contributed by atoms with Crippen LogP contribution < -0.4 is 16.0 Å². The second-order valence-electron chi connectivity index (χ2n) is 6.61. The van der Waals surface area contributed by atoms with Gasteiger partial charge in [0.05, 0.1) is 11.8 Å². The van der Waals surface area contributed by atoms with Crippen LogP contribution in [-0.2, 0) is 0 Å². The van der Waals surface area contributed by atoms with E-state index in [1.54, 1.807) is 12.3 Å². The highest BCUT2D eigenvalue weighted by Gasteiger charge is 2.15. The number of rotatable bonds is 8. The quantitative estimate of drug-likeness (QED) is 0.268. The average Bonchev–Trinajstić information content (AvgIpc) is 2.72. The molecule has 148 valence electrons. The molecule has 2 aromatic heterocycles. The van der Waals surface area contributed by atoms with Gasteiger partial charge in [0, 0.05) is 36.4 Å². The molecule has 0 aliphatic heterocycles. The summed E-state index contributed by atoms with van der Waals surface area (Å²) in [6.45, 7) is 13.1. The minimum Gasteiger partial charge on any atom is -0.422 e. The van der Waals surface area contributed by atoms with E-state index in [0.29, 0.717) is 30.1 Å². The maximum Gasteiger partial charge on any atom is 0.345 e. The van der Waals surface area contributed by atoms with Gasteiger partial charge >= 0.3 is 5.63 Å². The van der Waals surface area contributed by atoms with Crippen molar-refractivity contribution in [2.75, 3.05) is 23.4 Å².